The standard InChI is InChI=1S/C16H22Cl2N2O2/c1-3-20(4-2)9-10-22-14-8-6-5-7-13(14)19-15(21)12-11-16(12,17)18/h5-8,12H,3-4,9-11H2,1-2H3,(H,19,21). The Bertz CT molecular complexity index is 519. The molecule has 0 spiro atoms. The zero-order valence-electron chi connectivity index (χ0n) is 12.9. The molecule has 2 rings (SSSR count). The first-order chi connectivity index (χ1) is 10.5. The average Bonchev–Trinajstić information content (AvgIpc) is 3.14. The van der Waals surface area contributed by atoms with Gasteiger partial charge in [0.25, 0.3) is 0 Å². The van der Waals surface area contributed by atoms with Gasteiger partial charge in [-0.1, -0.05) is 26.0 Å². The van der Waals surface area contributed by atoms with E-state index in [9.17, 15) is 4.79 Å². The van der Waals surface area contributed by atoms with Crippen LogP contribution in [0.5, 0.6) is 5.75 Å². The number of halogens is 2. The first-order valence-electron chi connectivity index (χ1n) is 7.60. The van der Waals surface area contributed by atoms with Crippen molar-refractivity contribution in [2.75, 3.05) is 31.6 Å². The van der Waals surface area contributed by atoms with Gasteiger partial charge in [-0.3, -0.25) is 4.79 Å². The van der Waals surface area contributed by atoms with E-state index in [1.165, 1.54) is 0 Å². The lowest BCUT2D eigenvalue weighted by Crippen LogP contribution is -2.28. The van der Waals surface area contributed by atoms with Crippen LogP contribution >= 0.6 is 23.2 Å². The maximum Gasteiger partial charge on any atom is 0.230 e. The van der Waals surface area contributed by atoms with Crippen LogP contribution in [0.3, 0.4) is 0 Å². The fourth-order valence-electron chi connectivity index (χ4n) is 2.24. The van der Waals surface area contributed by atoms with E-state index in [-0.39, 0.29) is 11.8 Å². The topological polar surface area (TPSA) is 41.6 Å². The monoisotopic (exact) mass is 344 g/mol. The second kappa shape index (κ2) is 7.53. The van der Waals surface area contributed by atoms with Gasteiger partial charge in [-0.2, -0.15) is 0 Å². The molecule has 0 saturated heterocycles. The van der Waals surface area contributed by atoms with Gasteiger partial charge in [0.15, 0.2) is 0 Å². The molecule has 4 nitrogen and oxygen atoms in total. The summed E-state index contributed by atoms with van der Waals surface area (Å²) in [6, 6.07) is 7.40. The second-order valence-electron chi connectivity index (χ2n) is 5.38. The Hall–Kier alpha value is -0.970. The Morgan fingerprint density at radius 3 is 2.59 bits per heavy atom. The maximum absolute atomic E-state index is 12.1. The lowest BCUT2D eigenvalue weighted by atomic mass is 10.2. The number of nitrogens with one attached hydrogen (secondary N) is 1. The van der Waals surface area contributed by atoms with E-state index in [2.05, 4.69) is 24.1 Å². The molecule has 0 aromatic heterocycles. The van der Waals surface area contributed by atoms with Crippen molar-refractivity contribution in [1.82, 2.24) is 4.90 Å². The van der Waals surface area contributed by atoms with Gasteiger partial charge in [-0.05, 0) is 31.6 Å². The van der Waals surface area contributed by atoms with Gasteiger partial charge in [0.1, 0.15) is 16.7 Å². The van der Waals surface area contributed by atoms with Crippen LogP contribution in [0.1, 0.15) is 20.3 Å². The van der Waals surface area contributed by atoms with Gasteiger partial charge in [-0.25, -0.2) is 0 Å². The number of para-hydroxylation sites is 2. The first kappa shape index (κ1) is 17.4. The summed E-state index contributed by atoms with van der Waals surface area (Å²) < 4.78 is 4.89. The van der Waals surface area contributed by atoms with Crippen LogP contribution < -0.4 is 10.1 Å². The van der Waals surface area contributed by atoms with Crippen molar-refractivity contribution in [2.45, 2.75) is 24.6 Å². The highest BCUT2D eigenvalue weighted by Gasteiger charge is 2.56. The van der Waals surface area contributed by atoms with Crippen molar-refractivity contribution in [1.29, 1.82) is 0 Å². The number of hydrogen-bond acceptors (Lipinski definition) is 3. The SMILES string of the molecule is CCN(CC)CCOc1ccccc1NC(=O)C1CC1(Cl)Cl. The largest absolute Gasteiger partial charge is 0.490 e. The van der Waals surface area contributed by atoms with E-state index >= 15 is 0 Å². The number of hydrogen-bond donors (Lipinski definition) is 1. The molecule has 22 heavy (non-hydrogen) atoms. The predicted molar refractivity (Wildman–Crippen MR) is 90.9 cm³/mol. The molecule has 1 aliphatic carbocycles. The molecule has 1 aliphatic rings. The normalized spacial score (nSPS) is 19.0. The number of benzene rings is 1. The zero-order valence-corrected chi connectivity index (χ0v) is 14.5. The highest BCUT2D eigenvalue weighted by molar-refractivity contribution is 6.52. The average molecular weight is 345 g/mol. The minimum Gasteiger partial charge on any atom is -0.490 e. The summed E-state index contributed by atoms with van der Waals surface area (Å²) in [5, 5.41) is 2.85. The summed E-state index contributed by atoms with van der Waals surface area (Å²) in [6.07, 6.45) is 0.493. The third kappa shape index (κ3) is 4.51. The van der Waals surface area contributed by atoms with Gasteiger partial charge in [0.05, 0.1) is 11.6 Å². The van der Waals surface area contributed by atoms with Crippen LogP contribution in [0.15, 0.2) is 24.3 Å². The number of anilines is 1. The molecule has 0 radical (unpaired) electrons. The molecule has 1 amide bonds. The number of carbonyl (C=O) groups excluding carboxylic acids is 1. The van der Waals surface area contributed by atoms with E-state index in [4.69, 9.17) is 27.9 Å². The van der Waals surface area contributed by atoms with Gasteiger partial charge in [-0.15, -0.1) is 23.2 Å². The summed E-state index contributed by atoms with van der Waals surface area (Å²) in [5.74, 6) is 0.155. The van der Waals surface area contributed by atoms with Crippen LogP contribution in [0.4, 0.5) is 5.69 Å². The summed E-state index contributed by atoms with van der Waals surface area (Å²) in [6.45, 7) is 7.66. The minimum absolute atomic E-state index is 0.162. The number of likely N-dealkylation sites (N-methyl/N-ethyl adjacent to an activating group) is 1. The van der Waals surface area contributed by atoms with Gasteiger partial charge in [0.2, 0.25) is 5.91 Å². The molecule has 1 fully saturated rings. The molecule has 122 valence electrons. The van der Waals surface area contributed by atoms with Crippen LogP contribution in [-0.4, -0.2) is 41.4 Å². The van der Waals surface area contributed by atoms with Gasteiger partial charge >= 0.3 is 0 Å². The summed E-state index contributed by atoms with van der Waals surface area (Å²) >= 11 is 11.9. The summed E-state index contributed by atoms with van der Waals surface area (Å²) in [5.41, 5.74) is 0.656. The third-order valence-electron chi connectivity index (χ3n) is 3.85. The van der Waals surface area contributed by atoms with Crippen LogP contribution in [-0.2, 0) is 4.79 Å². The number of carbonyl (C=O) groups is 1. The van der Waals surface area contributed by atoms with E-state index in [0.717, 1.165) is 19.6 Å². The van der Waals surface area contributed by atoms with Crippen LogP contribution in [0, 0.1) is 5.92 Å². The van der Waals surface area contributed by atoms with Gasteiger partial charge < -0.3 is 15.0 Å². The Morgan fingerprint density at radius 2 is 2.00 bits per heavy atom. The van der Waals surface area contributed by atoms with Crippen molar-refractivity contribution in [3.63, 3.8) is 0 Å². The molecule has 1 N–H and O–H groups in total. The molecular formula is C16H22Cl2N2O2. The van der Waals surface area contributed by atoms with Crippen molar-refractivity contribution < 1.29 is 9.53 Å². The molecule has 0 heterocycles. The molecule has 0 aliphatic heterocycles. The molecule has 1 unspecified atom stereocenters. The van der Waals surface area contributed by atoms with Crippen molar-refractivity contribution in [3.05, 3.63) is 24.3 Å². The van der Waals surface area contributed by atoms with Crippen LogP contribution in [0.2, 0.25) is 0 Å². The Balaban J connectivity index is 1.91. The lowest BCUT2D eigenvalue weighted by Gasteiger charge is -2.19. The van der Waals surface area contributed by atoms with Gasteiger partial charge in [0, 0.05) is 6.54 Å². The first-order valence-corrected chi connectivity index (χ1v) is 8.36. The quantitative estimate of drug-likeness (QED) is 0.733. The molecule has 1 aromatic carbocycles. The Morgan fingerprint density at radius 1 is 1.36 bits per heavy atom. The molecule has 1 saturated carbocycles. The number of alkyl halides is 2. The van der Waals surface area contributed by atoms with Crippen molar-refractivity contribution >= 4 is 34.8 Å². The highest BCUT2D eigenvalue weighted by atomic mass is 35.5. The van der Waals surface area contributed by atoms with E-state index < -0.39 is 4.33 Å². The smallest absolute Gasteiger partial charge is 0.230 e. The van der Waals surface area contributed by atoms with E-state index in [1.54, 1.807) is 0 Å². The molecule has 1 atom stereocenters. The molecule has 6 heteroatoms. The van der Waals surface area contributed by atoms with E-state index in [1.807, 2.05) is 24.3 Å². The third-order valence-corrected chi connectivity index (χ3v) is 4.68. The fraction of sp³-hybridized carbons (Fsp3) is 0.562. The molecule has 1 aromatic rings. The Labute approximate surface area is 141 Å². The van der Waals surface area contributed by atoms with E-state index in [0.29, 0.717) is 24.5 Å². The summed E-state index contributed by atoms with van der Waals surface area (Å²) in [7, 11) is 0. The minimum atomic E-state index is -0.914. The van der Waals surface area contributed by atoms with Crippen molar-refractivity contribution in [2.24, 2.45) is 5.92 Å². The number of nitrogens with zero attached hydrogens (tertiary/aromatic N) is 1. The molecular weight excluding hydrogens is 323 g/mol. The van der Waals surface area contributed by atoms with Crippen molar-refractivity contribution in [3.8, 4) is 5.75 Å². The number of ether oxygens (including phenoxy) is 1. The second-order valence-corrected chi connectivity index (χ2v) is 6.92. The Kier molecular flexibility index (Phi) is 5.95. The molecule has 0 bridgehead atoms. The predicted octanol–water partition coefficient (Wildman–Crippen LogP) is 3.54. The number of amides is 1. The lowest BCUT2D eigenvalue weighted by molar-refractivity contribution is -0.117. The zero-order chi connectivity index (χ0) is 16.2. The maximum atomic E-state index is 12.1. The number of rotatable bonds is 8. The highest BCUT2D eigenvalue weighted by Crippen LogP contribution is 2.53. The fourth-order valence-corrected chi connectivity index (χ4v) is 2.74. The van der Waals surface area contributed by atoms with Crippen LogP contribution in [0.25, 0.3) is 0 Å². The summed E-state index contributed by atoms with van der Waals surface area (Å²) in [4.78, 5) is 14.4.